The molecule has 262 valence electrons. The van der Waals surface area contributed by atoms with Crippen LogP contribution in [-0.2, 0) is 33.6 Å². The average Bonchev–Trinajstić information content (AvgIpc) is 3.50. The minimum atomic E-state index is -0.353. The molecule has 0 radical (unpaired) electrons. The van der Waals surface area contributed by atoms with Crippen LogP contribution in [0.5, 0.6) is 11.5 Å². The third-order valence-electron chi connectivity index (χ3n) is 8.92. The van der Waals surface area contributed by atoms with Gasteiger partial charge in [-0.3, -0.25) is 19.6 Å². The number of carbonyl (C=O) groups excluding carboxylic acids is 2. The fraction of sp³-hybridized carbons (Fsp3) is 0.500. The van der Waals surface area contributed by atoms with Crippen LogP contribution in [0.4, 0.5) is 0 Å². The fourth-order valence-corrected chi connectivity index (χ4v) is 6.35. The van der Waals surface area contributed by atoms with Crippen molar-refractivity contribution < 1.29 is 23.8 Å². The Morgan fingerprint density at radius 2 is 1.80 bits per heavy atom. The highest BCUT2D eigenvalue weighted by molar-refractivity contribution is 5.82. The second-order valence-electron chi connectivity index (χ2n) is 14.1. The van der Waals surface area contributed by atoms with Crippen LogP contribution in [0.25, 0.3) is 10.9 Å². The van der Waals surface area contributed by atoms with Crippen molar-refractivity contribution in [1.82, 2.24) is 19.9 Å². The van der Waals surface area contributed by atoms with Gasteiger partial charge in [-0.05, 0) is 105 Å². The van der Waals surface area contributed by atoms with Gasteiger partial charge in [0.2, 0.25) is 5.91 Å². The molecule has 5 rings (SSSR count). The monoisotopic (exact) mass is 668 g/mol. The Hall–Kier alpha value is -4.40. The van der Waals surface area contributed by atoms with E-state index in [1.54, 1.807) is 12.4 Å². The Balaban J connectivity index is 1.20. The van der Waals surface area contributed by atoms with Gasteiger partial charge >= 0.3 is 5.97 Å². The molecular weight excluding hydrogens is 616 g/mol. The molecule has 1 unspecified atom stereocenters. The minimum Gasteiger partial charge on any atom is -0.493 e. The summed E-state index contributed by atoms with van der Waals surface area (Å²) in [7, 11) is 0. The molecular formula is C40H52N4O5. The number of ether oxygens (including phenoxy) is 3. The quantitative estimate of drug-likeness (QED) is 0.0914. The third kappa shape index (κ3) is 10.8. The molecule has 49 heavy (non-hydrogen) atoms. The van der Waals surface area contributed by atoms with E-state index in [0.29, 0.717) is 45.0 Å². The van der Waals surface area contributed by atoms with E-state index < -0.39 is 0 Å². The number of pyridine rings is 2. The summed E-state index contributed by atoms with van der Waals surface area (Å²) >= 11 is 0. The van der Waals surface area contributed by atoms with Crippen molar-refractivity contribution in [1.29, 1.82) is 0 Å². The van der Waals surface area contributed by atoms with Crippen molar-refractivity contribution in [2.45, 2.75) is 97.9 Å². The highest BCUT2D eigenvalue weighted by Crippen LogP contribution is 2.31. The molecule has 1 aromatic carbocycles. The normalized spacial score (nSPS) is 13.5. The predicted molar refractivity (Wildman–Crippen MR) is 192 cm³/mol. The van der Waals surface area contributed by atoms with E-state index in [9.17, 15) is 9.59 Å². The zero-order valence-corrected chi connectivity index (χ0v) is 29.6. The number of nitrogens with one attached hydrogen (secondary N) is 1. The van der Waals surface area contributed by atoms with Crippen molar-refractivity contribution in [3.63, 3.8) is 0 Å². The van der Waals surface area contributed by atoms with Crippen molar-refractivity contribution in [2.24, 2.45) is 5.41 Å². The first kappa shape index (κ1) is 35.9. The number of hydrogen-bond acceptors (Lipinski definition) is 7. The highest BCUT2D eigenvalue weighted by atomic mass is 16.5. The Bertz CT molecular complexity index is 1690. The van der Waals surface area contributed by atoms with Crippen molar-refractivity contribution in [3.05, 3.63) is 83.6 Å². The molecule has 0 bridgehead atoms. The molecule has 1 amide bonds. The molecule has 0 aliphatic heterocycles. The summed E-state index contributed by atoms with van der Waals surface area (Å²) in [4.78, 5) is 34.4. The summed E-state index contributed by atoms with van der Waals surface area (Å²) in [5.41, 5.74) is 5.78. The molecule has 0 saturated carbocycles. The Morgan fingerprint density at radius 1 is 0.959 bits per heavy atom. The molecule has 9 heteroatoms. The molecule has 4 aromatic rings. The first-order valence-electron chi connectivity index (χ1n) is 17.9. The van der Waals surface area contributed by atoms with Gasteiger partial charge in [0, 0.05) is 54.1 Å². The van der Waals surface area contributed by atoms with Gasteiger partial charge in [-0.15, -0.1) is 0 Å². The maximum Gasteiger partial charge on any atom is 0.308 e. The minimum absolute atomic E-state index is 0.0401. The first-order chi connectivity index (χ1) is 23.7. The zero-order chi connectivity index (χ0) is 34.6. The molecule has 1 aliphatic rings. The van der Waals surface area contributed by atoms with Crippen LogP contribution in [-0.4, -0.2) is 52.8 Å². The van der Waals surface area contributed by atoms with Gasteiger partial charge in [-0.25, -0.2) is 0 Å². The van der Waals surface area contributed by atoms with E-state index in [0.717, 1.165) is 60.0 Å². The van der Waals surface area contributed by atoms with Gasteiger partial charge < -0.3 is 24.1 Å². The summed E-state index contributed by atoms with van der Waals surface area (Å²) in [6.07, 6.45) is 14.0. The summed E-state index contributed by atoms with van der Waals surface area (Å²) in [6, 6.07) is 14.0. The lowest BCUT2D eigenvalue weighted by Crippen LogP contribution is -2.25. The Kier molecular flexibility index (Phi) is 12.7. The highest BCUT2D eigenvalue weighted by Gasteiger charge is 2.22. The molecule has 3 aromatic heterocycles. The molecule has 1 aliphatic carbocycles. The Morgan fingerprint density at radius 3 is 2.63 bits per heavy atom. The van der Waals surface area contributed by atoms with E-state index in [2.05, 4.69) is 47.8 Å². The first-order valence-corrected chi connectivity index (χ1v) is 17.9. The predicted octanol–water partition coefficient (Wildman–Crippen LogP) is 7.58. The number of fused-ring (bicyclic) bond motifs is 2. The lowest BCUT2D eigenvalue weighted by Gasteiger charge is -2.21. The molecule has 1 N–H and O–H groups in total. The van der Waals surface area contributed by atoms with Gasteiger partial charge in [0.1, 0.15) is 11.5 Å². The lowest BCUT2D eigenvalue weighted by molar-refractivity contribution is -0.143. The van der Waals surface area contributed by atoms with E-state index >= 15 is 0 Å². The van der Waals surface area contributed by atoms with Crippen LogP contribution in [0.1, 0.15) is 101 Å². The van der Waals surface area contributed by atoms with Crippen LogP contribution in [0.15, 0.2) is 61.1 Å². The van der Waals surface area contributed by atoms with E-state index in [1.807, 2.05) is 43.5 Å². The van der Waals surface area contributed by atoms with Crippen LogP contribution in [0, 0.1) is 5.41 Å². The standard InChI is InChI=1S/C40H52N4O5/c1-5-47-39(46)26-37(31-25-34(28-41-27-31)48-22-8-12-38(45)42-20-9-19-40(2,3)4)44-21-17-30-24-33(15-16-36(30)44)49-23-18-32-14-13-29-10-6-7-11-35(29)43-32/h13-17,21,24-25,27-28,37H,5-12,18-20,22-23,26H2,1-4H3,(H,42,45). The number of nitrogens with zero attached hydrogens (tertiary/aromatic N) is 3. The zero-order valence-electron chi connectivity index (χ0n) is 29.6. The van der Waals surface area contributed by atoms with Crippen LogP contribution in [0.3, 0.4) is 0 Å². The van der Waals surface area contributed by atoms with Crippen LogP contribution in [0.2, 0.25) is 0 Å². The maximum absolute atomic E-state index is 12.8. The SMILES string of the molecule is CCOC(=O)CC(c1cncc(OCCCC(=O)NCCCC(C)(C)C)c1)n1ccc2cc(OCCc3ccc4c(n3)CCCC4)ccc21. The number of hydrogen-bond donors (Lipinski definition) is 1. The third-order valence-corrected chi connectivity index (χ3v) is 8.92. The fourth-order valence-electron chi connectivity index (χ4n) is 6.35. The molecule has 3 heterocycles. The van der Waals surface area contributed by atoms with Gasteiger partial charge in [-0.2, -0.15) is 0 Å². The second kappa shape index (κ2) is 17.3. The van der Waals surface area contributed by atoms with Crippen molar-refractivity contribution >= 4 is 22.8 Å². The summed E-state index contributed by atoms with van der Waals surface area (Å²) in [6.45, 7) is 10.4. The molecule has 0 saturated heterocycles. The number of benzene rings is 1. The number of aryl methyl sites for hydroxylation is 2. The van der Waals surface area contributed by atoms with Crippen LogP contribution < -0.4 is 14.8 Å². The molecule has 9 nitrogen and oxygen atoms in total. The summed E-state index contributed by atoms with van der Waals surface area (Å²) < 4.78 is 19.6. The number of esters is 1. The van der Waals surface area contributed by atoms with Gasteiger partial charge in [0.05, 0.1) is 38.5 Å². The molecule has 0 fully saturated rings. The van der Waals surface area contributed by atoms with Crippen molar-refractivity contribution in [2.75, 3.05) is 26.4 Å². The van der Waals surface area contributed by atoms with E-state index in [4.69, 9.17) is 19.2 Å². The van der Waals surface area contributed by atoms with Crippen LogP contribution >= 0.6 is 0 Å². The lowest BCUT2D eigenvalue weighted by atomic mass is 9.91. The van der Waals surface area contributed by atoms with Crippen molar-refractivity contribution in [3.8, 4) is 11.5 Å². The van der Waals surface area contributed by atoms with Gasteiger partial charge in [-0.1, -0.05) is 26.8 Å². The number of rotatable bonds is 17. The summed E-state index contributed by atoms with van der Waals surface area (Å²) in [5, 5.41) is 4.01. The number of carbonyl (C=O) groups is 2. The van der Waals surface area contributed by atoms with E-state index in [1.165, 1.54) is 24.1 Å². The van der Waals surface area contributed by atoms with Gasteiger partial charge in [0.25, 0.3) is 0 Å². The Labute approximate surface area is 290 Å². The average molecular weight is 669 g/mol. The maximum atomic E-state index is 12.8. The number of amides is 1. The summed E-state index contributed by atoms with van der Waals surface area (Å²) in [5.74, 6) is 1.14. The molecule has 1 atom stereocenters. The topological polar surface area (TPSA) is 105 Å². The molecule has 0 spiro atoms. The second-order valence-corrected chi connectivity index (χ2v) is 14.1. The largest absolute Gasteiger partial charge is 0.493 e. The van der Waals surface area contributed by atoms with E-state index in [-0.39, 0.29) is 29.8 Å². The number of aromatic nitrogens is 3. The smallest absolute Gasteiger partial charge is 0.308 e. The van der Waals surface area contributed by atoms with Gasteiger partial charge in [0.15, 0.2) is 0 Å².